The molecule has 2 aromatic rings. The van der Waals surface area contributed by atoms with Crippen LogP contribution >= 0.6 is 46.7 Å². The summed E-state index contributed by atoms with van der Waals surface area (Å²) in [6.45, 7) is 9.95. The number of hydrogen-bond donors (Lipinski definition) is 2. The summed E-state index contributed by atoms with van der Waals surface area (Å²) in [5.74, 6) is 0.764. The number of rotatable bonds is 4. The minimum atomic E-state index is 0. The van der Waals surface area contributed by atoms with Crippen LogP contribution in [0.5, 0.6) is 0 Å². The zero-order valence-electron chi connectivity index (χ0n) is 14.1. The summed E-state index contributed by atoms with van der Waals surface area (Å²) >= 11 is 3.37. The van der Waals surface area contributed by atoms with Crippen LogP contribution in [0.3, 0.4) is 0 Å². The van der Waals surface area contributed by atoms with E-state index >= 15 is 0 Å². The van der Waals surface area contributed by atoms with Crippen LogP contribution in [0.1, 0.15) is 41.4 Å². The van der Waals surface area contributed by atoms with Crippen LogP contribution in [0.15, 0.2) is 16.6 Å². The van der Waals surface area contributed by atoms with Gasteiger partial charge in [0.25, 0.3) is 0 Å². The molecule has 128 valence electrons. The highest BCUT2D eigenvalue weighted by molar-refractivity contribution is 14.0. The lowest BCUT2D eigenvalue weighted by Gasteiger charge is -2.14. The van der Waals surface area contributed by atoms with Crippen molar-refractivity contribution in [3.05, 3.63) is 32.2 Å². The van der Waals surface area contributed by atoms with E-state index in [0.29, 0.717) is 13.1 Å². The minimum Gasteiger partial charge on any atom is -0.350 e. The number of guanidine groups is 1. The molecule has 0 radical (unpaired) electrons. The Morgan fingerprint density at radius 3 is 2.35 bits per heavy atom. The first-order valence-electron chi connectivity index (χ1n) is 7.19. The van der Waals surface area contributed by atoms with Crippen LogP contribution in [0.25, 0.3) is 0 Å². The van der Waals surface area contributed by atoms with Gasteiger partial charge >= 0.3 is 0 Å². The summed E-state index contributed by atoms with van der Waals surface area (Å²) in [4.78, 5) is 14.5. The lowest BCUT2D eigenvalue weighted by Crippen LogP contribution is -2.36. The van der Waals surface area contributed by atoms with Gasteiger partial charge in [0.1, 0.15) is 10.0 Å². The fraction of sp³-hybridized carbons (Fsp3) is 0.533. The van der Waals surface area contributed by atoms with Crippen LogP contribution in [0.2, 0.25) is 0 Å². The SMILES string of the molecule is CN=C(NCc1nc(C(C)(C)C)cs1)NCc1ncc(C)s1.I. The van der Waals surface area contributed by atoms with Gasteiger partial charge in [-0.1, -0.05) is 20.8 Å². The van der Waals surface area contributed by atoms with Crippen molar-refractivity contribution in [3.63, 3.8) is 0 Å². The summed E-state index contributed by atoms with van der Waals surface area (Å²) < 4.78 is 0. The number of nitrogens with one attached hydrogen (secondary N) is 2. The van der Waals surface area contributed by atoms with Gasteiger partial charge in [-0.25, -0.2) is 9.97 Å². The first kappa shape index (κ1) is 20.3. The Hall–Kier alpha value is -0.740. The predicted molar refractivity (Wildman–Crippen MR) is 110 cm³/mol. The third-order valence-electron chi connectivity index (χ3n) is 3.03. The average molecular weight is 465 g/mol. The molecule has 0 amide bonds. The summed E-state index contributed by atoms with van der Waals surface area (Å²) in [6.07, 6.45) is 1.89. The number of nitrogens with zero attached hydrogens (tertiary/aromatic N) is 3. The Labute approximate surface area is 163 Å². The van der Waals surface area contributed by atoms with Crippen molar-refractivity contribution >= 4 is 52.6 Å². The molecule has 2 N–H and O–H groups in total. The molecule has 0 atom stereocenters. The van der Waals surface area contributed by atoms with E-state index in [2.05, 4.69) is 58.7 Å². The Balaban J connectivity index is 0.00000264. The fourth-order valence-electron chi connectivity index (χ4n) is 1.76. The van der Waals surface area contributed by atoms with Gasteiger partial charge in [0.2, 0.25) is 0 Å². The van der Waals surface area contributed by atoms with E-state index < -0.39 is 0 Å². The summed E-state index contributed by atoms with van der Waals surface area (Å²) in [5.41, 5.74) is 1.23. The Kier molecular flexibility index (Phi) is 7.88. The van der Waals surface area contributed by atoms with Crippen LogP contribution in [-0.2, 0) is 18.5 Å². The quantitative estimate of drug-likeness (QED) is 0.411. The van der Waals surface area contributed by atoms with Crippen molar-refractivity contribution in [1.29, 1.82) is 0 Å². The summed E-state index contributed by atoms with van der Waals surface area (Å²) in [7, 11) is 1.77. The highest BCUT2D eigenvalue weighted by Gasteiger charge is 2.17. The van der Waals surface area contributed by atoms with Crippen molar-refractivity contribution < 1.29 is 0 Å². The monoisotopic (exact) mass is 465 g/mol. The number of aliphatic imine (C=N–C) groups is 1. The first-order valence-corrected chi connectivity index (χ1v) is 8.89. The number of aryl methyl sites for hydroxylation is 1. The van der Waals surface area contributed by atoms with Gasteiger partial charge in [0.15, 0.2) is 5.96 Å². The predicted octanol–water partition coefficient (Wildman–Crippen LogP) is 3.69. The molecule has 2 heterocycles. The van der Waals surface area contributed by atoms with E-state index in [0.717, 1.165) is 21.7 Å². The number of aromatic nitrogens is 2. The molecule has 0 fully saturated rings. The van der Waals surface area contributed by atoms with Gasteiger partial charge in [-0.2, -0.15) is 0 Å². The van der Waals surface area contributed by atoms with Crippen LogP contribution in [0, 0.1) is 6.92 Å². The molecule has 2 rings (SSSR count). The molecule has 0 saturated carbocycles. The average Bonchev–Trinajstić information content (AvgIpc) is 3.07. The Morgan fingerprint density at radius 1 is 1.22 bits per heavy atom. The summed E-state index contributed by atoms with van der Waals surface area (Å²) in [5, 5.41) is 10.8. The van der Waals surface area contributed by atoms with Crippen LogP contribution < -0.4 is 10.6 Å². The maximum Gasteiger partial charge on any atom is 0.191 e. The third kappa shape index (κ3) is 6.34. The van der Waals surface area contributed by atoms with E-state index in [1.54, 1.807) is 29.7 Å². The topological polar surface area (TPSA) is 62.2 Å². The zero-order chi connectivity index (χ0) is 16.2. The lowest BCUT2D eigenvalue weighted by molar-refractivity contribution is 0.570. The number of halogens is 1. The molecule has 0 spiro atoms. The smallest absolute Gasteiger partial charge is 0.191 e. The fourth-order valence-corrected chi connectivity index (χ4v) is 3.45. The molecular formula is C15H24IN5S2. The van der Waals surface area contributed by atoms with Crippen molar-refractivity contribution in [2.24, 2.45) is 4.99 Å². The van der Waals surface area contributed by atoms with Gasteiger partial charge in [-0.05, 0) is 6.92 Å². The molecule has 8 heteroatoms. The van der Waals surface area contributed by atoms with Crippen LogP contribution in [0.4, 0.5) is 0 Å². The molecule has 0 aliphatic rings. The van der Waals surface area contributed by atoms with E-state index in [9.17, 15) is 0 Å². The Bertz CT molecular complexity index is 642. The van der Waals surface area contributed by atoms with Gasteiger partial charge in [-0.15, -0.1) is 46.7 Å². The van der Waals surface area contributed by atoms with Crippen molar-refractivity contribution in [2.45, 2.75) is 46.2 Å². The second kappa shape index (κ2) is 8.93. The van der Waals surface area contributed by atoms with Crippen molar-refractivity contribution in [3.8, 4) is 0 Å². The Morgan fingerprint density at radius 2 is 1.87 bits per heavy atom. The maximum atomic E-state index is 4.67. The standard InChI is InChI=1S/C15H23N5S2.HI/c1-10-6-17-12(22-10)7-18-14(16-5)19-8-13-20-11(9-21-13)15(2,3)4;/h6,9H,7-8H2,1-5H3,(H2,16,18,19);1H. The van der Waals surface area contributed by atoms with Crippen LogP contribution in [-0.4, -0.2) is 23.0 Å². The highest BCUT2D eigenvalue weighted by Crippen LogP contribution is 2.23. The second-order valence-electron chi connectivity index (χ2n) is 6.02. The zero-order valence-corrected chi connectivity index (χ0v) is 18.1. The molecule has 0 aliphatic heterocycles. The molecule has 0 unspecified atom stereocenters. The van der Waals surface area contributed by atoms with E-state index in [1.165, 1.54) is 4.88 Å². The molecule has 23 heavy (non-hydrogen) atoms. The number of hydrogen-bond acceptors (Lipinski definition) is 5. The first-order chi connectivity index (χ1) is 10.4. The third-order valence-corrected chi connectivity index (χ3v) is 4.79. The van der Waals surface area contributed by atoms with E-state index in [1.807, 2.05) is 6.20 Å². The van der Waals surface area contributed by atoms with Crippen molar-refractivity contribution in [1.82, 2.24) is 20.6 Å². The minimum absolute atomic E-state index is 0. The molecule has 0 saturated heterocycles. The van der Waals surface area contributed by atoms with Crippen molar-refractivity contribution in [2.75, 3.05) is 7.05 Å². The van der Waals surface area contributed by atoms with Gasteiger partial charge in [0, 0.05) is 28.9 Å². The molecule has 5 nitrogen and oxygen atoms in total. The molecular weight excluding hydrogens is 441 g/mol. The van der Waals surface area contributed by atoms with Gasteiger partial charge in [-0.3, -0.25) is 4.99 Å². The normalized spacial score (nSPS) is 12.0. The molecule has 2 aromatic heterocycles. The maximum absolute atomic E-state index is 4.67. The largest absolute Gasteiger partial charge is 0.350 e. The van der Waals surface area contributed by atoms with Gasteiger partial charge < -0.3 is 10.6 Å². The lowest BCUT2D eigenvalue weighted by atomic mass is 9.93. The van der Waals surface area contributed by atoms with E-state index in [-0.39, 0.29) is 29.4 Å². The second-order valence-corrected chi connectivity index (χ2v) is 8.28. The highest BCUT2D eigenvalue weighted by atomic mass is 127. The molecule has 0 aromatic carbocycles. The number of thiazole rings is 2. The van der Waals surface area contributed by atoms with E-state index in [4.69, 9.17) is 0 Å². The van der Waals surface area contributed by atoms with Gasteiger partial charge in [0.05, 0.1) is 18.8 Å². The molecule has 0 aliphatic carbocycles. The molecule has 0 bridgehead atoms. The summed E-state index contributed by atoms with van der Waals surface area (Å²) in [6, 6.07) is 0.